The maximum atomic E-state index is 13.3. The van der Waals surface area contributed by atoms with Crippen LogP contribution < -0.4 is 10.1 Å². The minimum atomic E-state index is -0.363. The molecule has 0 unspecified atom stereocenters. The number of nitrogens with zero attached hydrogens (tertiary/aromatic N) is 2. The molecule has 3 aromatic rings. The summed E-state index contributed by atoms with van der Waals surface area (Å²) in [5.74, 6) is 0.506. The number of amides is 2. The van der Waals surface area contributed by atoms with E-state index in [4.69, 9.17) is 9.26 Å². The molecule has 0 aliphatic heterocycles. The maximum Gasteiger partial charge on any atom is 0.273 e. The zero-order chi connectivity index (χ0) is 23.9. The molecule has 1 aliphatic rings. The lowest BCUT2D eigenvalue weighted by Crippen LogP contribution is -2.34. The molecule has 1 heterocycles. The van der Waals surface area contributed by atoms with E-state index >= 15 is 0 Å². The highest BCUT2D eigenvalue weighted by atomic mass is 19.1. The zero-order valence-corrected chi connectivity index (χ0v) is 19.1. The van der Waals surface area contributed by atoms with Crippen LogP contribution in [0.3, 0.4) is 0 Å². The lowest BCUT2D eigenvalue weighted by molar-refractivity contribution is -0.137. The minimum Gasteiger partial charge on any atom is -0.497 e. The fraction of sp³-hybridized carbons (Fsp3) is 0.346. The fourth-order valence-electron chi connectivity index (χ4n) is 4.15. The van der Waals surface area contributed by atoms with Gasteiger partial charge in [0.2, 0.25) is 5.91 Å². The van der Waals surface area contributed by atoms with Crippen molar-refractivity contribution in [3.8, 4) is 5.75 Å². The Kier molecular flexibility index (Phi) is 7.57. The summed E-state index contributed by atoms with van der Waals surface area (Å²) in [4.78, 5) is 27.4. The van der Waals surface area contributed by atoms with E-state index in [1.165, 1.54) is 12.1 Å². The van der Waals surface area contributed by atoms with Crippen molar-refractivity contribution in [1.29, 1.82) is 0 Å². The molecular formula is C26H28FN3O4. The predicted molar refractivity (Wildman–Crippen MR) is 123 cm³/mol. The van der Waals surface area contributed by atoms with Crippen LogP contribution in [0.5, 0.6) is 5.75 Å². The number of rotatable bonds is 9. The molecule has 1 saturated carbocycles. The lowest BCUT2D eigenvalue weighted by atomic mass is 10.1. The van der Waals surface area contributed by atoms with Crippen molar-refractivity contribution in [3.05, 3.63) is 83.0 Å². The van der Waals surface area contributed by atoms with Gasteiger partial charge in [-0.2, -0.15) is 0 Å². The van der Waals surface area contributed by atoms with E-state index < -0.39 is 0 Å². The van der Waals surface area contributed by atoms with Crippen LogP contribution in [0.15, 0.2) is 59.1 Å². The molecule has 2 aromatic carbocycles. The Bertz CT molecular complexity index is 1110. The van der Waals surface area contributed by atoms with Crippen molar-refractivity contribution in [2.24, 2.45) is 5.92 Å². The first kappa shape index (κ1) is 23.5. The van der Waals surface area contributed by atoms with Gasteiger partial charge in [-0.3, -0.25) is 9.59 Å². The van der Waals surface area contributed by atoms with Gasteiger partial charge in [0.15, 0.2) is 11.5 Å². The number of halogens is 1. The molecular weight excluding hydrogens is 437 g/mol. The molecule has 2 amide bonds. The van der Waals surface area contributed by atoms with Gasteiger partial charge < -0.3 is 19.5 Å². The van der Waals surface area contributed by atoms with E-state index in [1.54, 1.807) is 30.2 Å². The molecule has 178 valence electrons. The molecule has 1 aliphatic carbocycles. The number of carbonyl (C=O) groups excluding carboxylic acids is 2. The van der Waals surface area contributed by atoms with Crippen LogP contribution in [0.1, 0.15) is 53.1 Å². The Morgan fingerprint density at radius 3 is 2.41 bits per heavy atom. The van der Waals surface area contributed by atoms with Gasteiger partial charge in [0.1, 0.15) is 11.6 Å². The van der Waals surface area contributed by atoms with Crippen LogP contribution in [-0.2, 0) is 24.4 Å². The summed E-state index contributed by atoms with van der Waals surface area (Å²) < 4.78 is 23.8. The summed E-state index contributed by atoms with van der Waals surface area (Å²) in [7, 11) is 1.60. The Balaban J connectivity index is 1.40. The van der Waals surface area contributed by atoms with Gasteiger partial charge in [-0.25, -0.2) is 4.39 Å². The minimum absolute atomic E-state index is 0.0179. The molecule has 1 aromatic heterocycles. The second-order valence-electron chi connectivity index (χ2n) is 8.51. The highest BCUT2D eigenvalue weighted by Crippen LogP contribution is 2.28. The van der Waals surface area contributed by atoms with Gasteiger partial charge in [-0.05, 0) is 48.2 Å². The standard InChI is InChI=1S/C26H28FN3O4/c1-33-22-12-8-18(9-13-22)15-28-25(31)24-14-23(34-29-24)17-30(26(32)20-4-2-3-5-20)16-19-6-10-21(27)11-7-19/h6-14,20H,2-5,15-17H2,1H3,(H,28,31). The highest BCUT2D eigenvalue weighted by Gasteiger charge is 2.28. The molecule has 0 saturated heterocycles. The van der Waals surface area contributed by atoms with Crippen molar-refractivity contribution >= 4 is 11.8 Å². The average Bonchev–Trinajstić information content (AvgIpc) is 3.56. The van der Waals surface area contributed by atoms with E-state index in [-0.39, 0.29) is 35.8 Å². The Morgan fingerprint density at radius 1 is 1.06 bits per heavy atom. The largest absolute Gasteiger partial charge is 0.497 e. The van der Waals surface area contributed by atoms with Crippen LogP contribution in [0, 0.1) is 11.7 Å². The van der Waals surface area contributed by atoms with Crippen molar-refractivity contribution in [2.75, 3.05) is 7.11 Å². The first-order chi connectivity index (χ1) is 16.5. The summed E-state index contributed by atoms with van der Waals surface area (Å²) >= 11 is 0. The first-order valence-corrected chi connectivity index (χ1v) is 11.4. The lowest BCUT2D eigenvalue weighted by Gasteiger charge is -2.24. The van der Waals surface area contributed by atoms with Gasteiger partial charge in [0, 0.05) is 25.1 Å². The topological polar surface area (TPSA) is 84.7 Å². The molecule has 7 nitrogen and oxygen atoms in total. The van der Waals surface area contributed by atoms with Gasteiger partial charge in [-0.15, -0.1) is 0 Å². The van der Waals surface area contributed by atoms with Crippen LogP contribution in [0.4, 0.5) is 4.39 Å². The molecule has 0 bridgehead atoms. The van der Waals surface area contributed by atoms with Crippen LogP contribution in [-0.4, -0.2) is 29.0 Å². The monoisotopic (exact) mass is 465 g/mol. The molecule has 4 rings (SSSR count). The number of methoxy groups -OCH3 is 1. The number of carbonyl (C=O) groups is 2. The summed E-state index contributed by atoms with van der Waals surface area (Å²) in [6.07, 6.45) is 3.82. The molecule has 8 heteroatoms. The maximum absolute atomic E-state index is 13.3. The summed E-state index contributed by atoms with van der Waals surface area (Å²) in [5.41, 5.74) is 1.90. The summed E-state index contributed by atoms with van der Waals surface area (Å²) in [5, 5.41) is 6.70. The number of ether oxygens (including phenoxy) is 1. The van der Waals surface area contributed by atoms with E-state index in [0.717, 1.165) is 42.6 Å². The predicted octanol–water partition coefficient (Wildman–Crippen LogP) is 4.47. The quantitative estimate of drug-likeness (QED) is 0.504. The number of hydrogen-bond donors (Lipinski definition) is 1. The third kappa shape index (κ3) is 6.01. The number of nitrogens with one attached hydrogen (secondary N) is 1. The van der Waals surface area contributed by atoms with E-state index in [2.05, 4.69) is 10.5 Å². The highest BCUT2D eigenvalue weighted by molar-refractivity contribution is 5.92. The van der Waals surface area contributed by atoms with Crippen LogP contribution >= 0.6 is 0 Å². The summed E-state index contributed by atoms with van der Waals surface area (Å²) in [6, 6.07) is 15.1. The Morgan fingerprint density at radius 2 is 1.74 bits per heavy atom. The van der Waals surface area contributed by atoms with Crippen molar-refractivity contribution in [1.82, 2.24) is 15.4 Å². The van der Waals surface area contributed by atoms with Gasteiger partial charge in [0.05, 0.1) is 13.7 Å². The third-order valence-corrected chi connectivity index (χ3v) is 6.05. The zero-order valence-electron chi connectivity index (χ0n) is 19.1. The van der Waals surface area contributed by atoms with Crippen LogP contribution in [0.25, 0.3) is 0 Å². The summed E-state index contributed by atoms with van der Waals surface area (Å²) in [6.45, 7) is 0.850. The van der Waals surface area contributed by atoms with Crippen LogP contribution in [0.2, 0.25) is 0 Å². The Labute approximate surface area is 197 Å². The normalized spacial score (nSPS) is 13.6. The molecule has 1 N–H and O–H groups in total. The van der Waals surface area contributed by atoms with E-state index in [9.17, 15) is 14.0 Å². The first-order valence-electron chi connectivity index (χ1n) is 11.4. The van der Waals surface area contributed by atoms with Crippen molar-refractivity contribution in [2.45, 2.75) is 45.3 Å². The average molecular weight is 466 g/mol. The van der Waals surface area contributed by atoms with Gasteiger partial charge in [-0.1, -0.05) is 42.3 Å². The number of benzene rings is 2. The molecule has 34 heavy (non-hydrogen) atoms. The fourth-order valence-corrected chi connectivity index (χ4v) is 4.15. The third-order valence-electron chi connectivity index (χ3n) is 6.05. The van der Waals surface area contributed by atoms with Crippen molar-refractivity contribution in [3.63, 3.8) is 0 Å². The molecule has 0 spiro atoms. The second kappa shape index (κ2) is 11.0. The number of aromatic nitrogens is 1. The number of hydrogen-bond acceptors (Lipinski definition) is 5. The van der Waals surface area contributed by atoms with Gasteiger partial charge in [0.25, 0.3) is 5.91 Å². The van der Waals surface area contributed by atoms with E-state index in [1.807, 2.05) is 24.3 Å². The SMILES string of the molecule is COc1ccc(CNC(=O)c2cc(CN(Cc3ccc(F)cc3)C(=O)C3CCCC3)on2)cc1. The van der Waals surface area contributed by atoms with Crippen molar-refractivity contribution < 1.29 is 23.2 Å². The van der Waals surface area contributed by atoms with E-state index in [0.29, 0.717) is 18.8 Å². The molecule has 1 fully saturated rings. The second-order valence-corrected chi connectivity index (χ2v) is 8.51. The molecule has 0 radical (unpaired) electrons. The van der Waals surface area contributed by atoms with Gasteiger partial charge >= 0.3 is 0 Å². The Hall–Kier alpha value is -3.68. The smallest absolute Gasteiger partial charge is 0.273 e. The molecule has 0 atom stereocenters.